The van der Waals surface area contributed by atoms with Crippen molar-refractivity contribution in [2.24, 2.45) is 0 Å². The maximum absolute atomic E-state index is 11.4. The van der Waals surface area contributed by atoms with Crippen LogP contribution in [0.4, 0.5) is 0 Å². The van der Waals surface area contributed by atoms with Crippen molar-refractivity contribution < 1.29 is 18.7 Å². The Morgan fingerprint density at radius 3 is 2.73 bits per heavy atom. The summed E-state index contributed by atoms with van der Waals surface area (Å²) in [5, 5.41) is 0. The lowest BCUT2D eigenvalue weighted by atomic mass is 10.2. The van der Waals surface area contributed by atoms with Crippen molar-refractivity contribution in [1.29, 1.82) is 0 Å². The second-order valence-electron chi connectivity index (χ2n) is 3.37. The number of carbonyl (C=O) groups is 2. The standard InChI is InChI=1S/C11H14O4/c1-8-5-7-14-10(8)11(13)15-6-3-4-9(2)12/h5,7H,3-4,6H2,1-2H3. The molecule has 0 aliphatic heterocycles. The number of ether oxygens (including phenoxy) is 1. The van der Waals surface area contributed by atoms with E-state index >= 15 is 0 Å². The van der Waals surface area contributed by atoms with Crippen LogP contribution in [-0.2, 0) is 9.53 Å². The maximum Gasteiger partial charge on any atom is 0.374 e. The average Bonchev–Trinajstić information content (AvgIpc) is 2.58. The molecule has 0 spiro atoms. The molecule has 0 saturated carbocycles. The van der Waals surface area contributed by atoms with E-state index in [2.05, 4.69) is 0 Å². The third kappa shape index (κ3) is 3.58. The highest BCUT2D eigenvalue weighted by Crippen LogP contribution is 2.10. The van der Waals surface area contributed by atoms with Crippen LogP contribution in [0.5, 0.6) is 0 Å². The number of hydrogen-bond acceptors (Lipinski definition) is 4. The quantitative estimate of drug-likeness (QED) is 0.551. The first kappa shape index (κ1) is 11.5. The van der Waals surface area contributed by atoms with E-state index in [0.29, 0.717) is 12.8 Å². The van der Waals surface area contributed by atoms with E-state index in [1.54, 1.807) is 13.0 Å². The highest BCUT2D eigenvalue weighted by atomic mass is 16.5. The minimum absolute atomic E-state index is 0.0974. The predicted octanol–water partition coefficient (Wildman–Crippen LogP) is 2.11. The Balaban J connectivity index is 2.31. The van der Waals surface area contributed by atoms with Crippen LogP contribution in [0.25, 0.3) is 0 Å². The summed E-state index contributed by atoms with van der Waals surface area (Å²) in [5.74, 6) is -0.140. The van der Waals surface area contributed by atoms with Gasteiger partial charge in [-0.15, -0.1) is 0 Å². The van der Waals surface area contributed by atoms with Gasteiger partial charge in [-0.3, -0.25) is 0 Å². The molecule has 4 nitrogen and oxygen atoms in total. The van der Waals surface area contributed by atoms with E-state index in [9.17, 15) is 9.59 Å². The van der Waals surface area contributed by atoms with Gasteiger partial charge in [0.1, 0.15) is 5.78 Å². The number of carbonyl (C=O) groups excluding carboxylic acids is 2. The molecule has 0 aromatic carbocycles. The number of ketones is 1. The monoisotopic (exact) mass is 210 g/mol. The van der Waals surface area contributed by atoms with E-state index in [4.69, 9.17) is 9.15 Å². The third-order valence-electron chi connectivity index (χ3n) is 1.95. The summed E-state index contributed by atoms with van der Waals surface area (Å²) in [7, 11) is 0. The van der Waals surface area contributed by atoms with Crippen LogP contribution in [0.3, 0.4) is 0 Å². The number of furan rings is 1. The van der Waals surface area contributed by atoms with Crippen molar-refractivity contribution in [2.45, 2.75) is 26.7 Å². The van der Waals surface area contributed by atoms with Crippen molar-refractivity contribution in [3.05, 3.63) is 23.7 Å². The Labute approximate surface area is 88.2 Å². The zero-order chi connectivity index (χ0) is 11.3. The van der Waals surface area contributed by atoms with Gasteiger partial charge >= 0.3 is 5.97 Å². The minimum atomic E-state index is -0.471. The highest BCUT2D eigenvalue weighted by molar-refractivity contribution is 5.87. The lowest BCUT2D eigenvalue weighted by molar-refractivity contribution is -0.117. The fourth-order valence-corrected chi connectivity index (χ4v) is 1.13. The normalized spacial score (nSPS) is 10.0. The molecule has 0 unspecified atom stereocenters. The summed E-state index contributed by atoms with van der Waals surface area (Å²) in [5.41, 5.74) is 0.756. The molecular formula is C11H14O4. The van der Waals surface area contributed by atoms with E-state index < -0.39 is 5.97 Å². The molecule has 0 radical (unpaired) electrons. The first-order chi connectivity index (χ1) is 7.11. The van der Waals surface area contributed by atoms with Gasteiger partial charge in [-0.25, -0.2) is 4.79 Å². The van der Waals surface area contributed by atoms with Gasteiger partial charge in [-0.05, 0) is 26.3 Å². The van der Waals surface area contributed by atoms with Gasteiger partial charge in [0, 0.05) is 12.0 Å². The molecule has 82 valence electrons. The molecule has 15 heavy (non-hydrogen) atoms. The summed E-state index contributed by atoms with van der Waals surface area (Å²) in [6.45, 7) is 3.53. The smallest absolute Gasteiger partial charge is 0.374 e. The molecule has 1 rings (SSSR count). The lowest BCUT2D eigenvalue weighted by Gasteiger charge is -2.01. The summed E-state index contributed by atoms with van der Waals surface area (Å²) in [6, 6.07) is 1.70. The van der Waals surface area contributed by atoms with Crippen LogP contribution in [0.2, 0.25) is 0 Å². The van der Waals surface area contributed by atoms with Crippen LogP contribution >= 0.6 is 0 Å². The van der Waals surface area contributed by atoms with Crippen LogP contribution in [-0.4, -0.2) is 18.4 Å². The Kier molecular flexibility index (Phi) is 4.09. The molecule has 0 N–H and O–H groups in total. The highest BCUT2D eigenvalue weighted by Gasteiger charge is 2.13. The van der Waals surface area contributed by atoms with Gasteiger partial charge in [0.05, 0.1) is 12.9 Å². The third-order valence-corrected chi connectivity index (χ3v) is 1.95. The lowest BCUT2D eigenvalue weighted by Crippen LogP contribution is -2.07. The number of rotatable bonds is 5. The average molecular weight is 210 g/mol. The SMILES string of the molecule is CC(=O)CCCOC(=O)c1occc1C. The fraction of sp³-hybridized carbons (Fsp3) is 0.455. The summed E-state index contributed by atoms with van der Waals surface area (Å²) >= 11 is 0. The maximum atomic E-state index is 11.4. The first-order valence-corrected chi connectivity index (χ1v) is 4.82. The topological polar surface area (TPSA) is 56.5 Å². The molecule has 0 fully saturated rings. The fourth-order valence-electron chi connectivity index (χ4n) is 1.13. The van der Waals surface area contributed by atoms with Gasteiger partial charge in [0.2, 0.25) is 5.76 Å². The summed E-state index contributed by atoms with van der Waals surface area (Å²) in [4.78, 5) is 22.0. The molecule has 1 aromatic rings. The summed E-state index contributed by atoms with van der Waals surface area (Å²) in [6.07, 6.45) is 2.44. The number of hydrogen-bond donors (Lipinski definition) is 0. The Morgan fingerprint density at radius 2 is 2.20 bits per heavy atom. The van der Waals surface area contributed by atoms with E-state index in [1.165, 1.54) is 13.2 Å². The molecule has 0 saturated heterocycles. The van der Waals surface area contributed by atoms with Crippen molar-refractivity contribution in [3.8, 4) is 0 Å². The molecule has 0 bridgehead atoms. The first-order valence-electron chi connectivity index (χ1n) is 4.82. The molecule has 1 aromatic heterocycles. The van der Waals surface area contributed by atoms with E-state index in [0.717, 1.165) is 5.56 Å². The molecule has 0 aliphatic carbocycles. The van der Waals surface area contributed by atoms with Crippen molar-refractivity contribution >= 4 is 11.8 Å². The molecule has 1 heterocycles. The number of Topliss-reactive ketones (excluding diaryl/α,β-unsaturated/α-hetero) is 1. The Morgan fingerprint density at radius 1 is 1.47 bits per heavy atom. The van der Waals surface area contributed by atoms with Gasteiger partial charge in [-0.2, -0.15) is 0 Å². The number of aryl methyl sites for hydroxylation is 1. The predicted molar refractivity (Wildman–Crippen MR) is 53.6 cm³/mol. The molecular weight excluding hydrogens is 196 g/mol. The van der Waals surface area contributed by atoms with Crippen molar-refractivity contribution in [2.75, 3.05) is 6.61 Å². The van der Waals surface area contributed by atoms with Crippen LogP contribution in [0.1, 0.15) is 35.9 Å². The zero-order valence-corrected chi connectivity index (χ0v) is 8.91. The molecule has 4 heteroatoms. The van der Waals surface area contributed by atoms with Crippen molar-refractivity contribution in [1.82, 2.24) is 0 Å². The van der Waals surface area contributed by atoms with Crippen molar-refractivity contribution in [3.63, 3.8) is 0 Å². The van der Waals surface area contributed by atoms with Crippen LogP contribution < -0.4 is 0 Å². The largest absolute Gasteiger partial charge is 0.460 e. The van der Waals surface area contributed by atoms with E-state index in [1.807, 2.05) is 0 Å². The molecule has 0 atom stereocenters. The Hall–Kier alpha value is -1.58. The van der Waals surface area contributed by atoms with Crippen LogP contribution in [0, 0.1) is 6.92 Å². The minimum Gasteiger partial charge on any atom is -0.460 e. The van der Waals surface area contributed by atoms with E-state index in [-0.39, 0.29) is 18.2 Å². The second-order valence-corrected chi connectivity index (χ2v) is 3.37. The van der Waals surface area contributed by atoms with Crippen LogP contribution in [0.15, 0.2) is 16.7 Å². The van der Waals surface area contributed by atoms with Gasteiger partial charge in [0.25, 0.3) is 0 Å². The van der Waals surface area contributed by atoms with Gasteiger partial charge in [0.15, 0.2) is 0 Å². The molecule has 0 amide bonds. The summed E-state index contributed by atoms with van der Waals surface area (Å²) < 4.78 is 9.90. The Bertz CT molecular complexity index is 351. The molecule has 0 aliphatic rings. The zero-order valence-electron chi connectivity index (χ0n) is 8.91. The number of esters is 1. The van der Waals surface area contributed by atoms with Gasteiger partial charge in [-0.1, -0.05) is 0 Å². The van der Waals surface area contributed by atoms with Gasteiger partial charge < -0.3 is 13.9 Å². The second kappa shape index (κ2) is 5.34.